The number of hydrogen-bond donors (Lipinski definition) is 1. The minimum atomic E-state index is -1.63. The van der Waals surface area contributed by atoms with Crippen molar-refractivity contribution >= 4 is 41.3 Å². The molecule has 28 heavy (non-hydrogen) atoms. The van der Waals surface area contributed by atoms with E-state index in [0.717, 1.165) is 27.9 Å². The molecule has 1 unspecified atom stereocenters. The van der Waals surface area contributed by atoms with E-state index in [2.05, 4.69) is 15.4 Å². The Hall–Kier alpha value is -2.11. The van der Waals surface area contributed by atoms with E-state index in [9.17, 15) is 0 Å². The van der Waals surface area contributed by atoms with Crippen molar-refractivity contribution in [2.75, 3.05) is 6.54 Å². The predicted molar refractivity (Wildman–Crippen MR) is 116 cm³/mol. The second kappa shape index (κ2) is 7.72. The van der Waals surface area contributed by atoms with E-state index in [0.29, 0.717) is 22.2 Å². The zero-order valence-corrected chi connectivity index (χ0v) is 16.9. The highest BCUT2D eigenvalue weighted by Crippen LogP contribution is 2.35. The van der Waals surface area contributed by atoms with E-state index in [1.807, 2.05) is 48.7 Å². The molecule has 0 aliphatic carbocycles. The Morgan fingerprint density at radius 3 is 2.75 bits per heavy atom. The van der Waals surface area contributed by atoms with E-state index < -0.39 is 6.50 Å². The smallest absolute Gasteiger partial charge is 0.155 e. The molecule has 0 radical (unpaired) electrons. The van der Waals surface area contributed by atoms with Gasteiger partial charge < -0.3 is 5.32 Å². The molecule has 0 saturated carbocycles. The standard InChI is InChI=1S/C21H16Cl2N4.ClH/c22-19-5-2-14(8-20(19)23)18-10-24-9-16-7-13(1-4-17(16)18)15-3-6-21-25-12-26-27(21)11-15;/h1-8,11-12,18,24H,9-10H2;1H/i9D2;. The van der Waals surface area contributed by atoms with Crippen LogP contribution in [-0.4, -0.2) is 21.1 Å². The Bertz CT molecular complexity index is 1240. The summed E-state index contributed by atoms with van der Waals surface area (Å²) in [5.41, 5.74) is 5.19. The van der Waals surface area contributed by atoms with Gasteiger partial charge in [0.25, 0.3) is 0 Å². The average molecular weight is 434 g/mol. The quantitative estimate of drug-likeness (QED) is 0.463. The first-order chi connectivity index (χ1) is 13.9. The molecule has 1 aliphatic heterocycles. The highest BCUT2D eigenvalue weighted by molar-refractivity contribution is 6.42. The van der Waals surface area contributed by atoms with E-state index in [1.54, 1.807) is 10.6 Å². The molecular weight excluding hydrogens is 415 g/mol. The minimum Gasteiger partial charge on any atom is -0.312 e. The number of fused-ring (bicyclic) bond motifs is 2. The molecule has 5 rings (SSSR count). The van der Waals surface area contributed by atoms with Crippen molar-refractivity contribution in [2.45, 2.75) is 12.4 Å². The third kappa shape index (κ3) is 3.38. The topological polar surface area (TPSA) is 42.2 Å². The van der Waals surface area contributed by atoms with Gasteiger partial charge in [0.1, 0.15) is 6.33 Å². The van der Waals surface area contributed by atoms with Crippen LogP contribution in [0.2, 0.25) is 10.0 Å². The first-order valence-corrected chi connectivity index (χ1v) is 9.32. The van der Waals surface area contributed by atoms with E-state index in [1.165, 1.54) is 6.33 Å². The van der Waals surface area contributed by atoms with Gasteiger partial charge in [-0.1, -0.05) is 41.4 Å². The molecule has 2 aromatic carbocycles. The van der Waals surface area contributed by atoms with Crippen LogP contribution >= 0.6 is 35.6 Å². The number of nitrogens with one attached hydrogen (secondary N) is 1. The van der Waals surface area contributed by atoms with Gasteiger partial charge in [-0.2, -0.15) is 5.10 Å². The lowest BCUT2D eigenvalue weighted by molar-refractivity contribution is 0.591. The van der Waals surface area contributed by atoms with Crippen LogP contribution < -0.4 is 5.32 Å². The van der Waals surface area contributed by atoms with Crippen LogP contribution in [0.25, 0.3) is 16.8 Å². The van der Waals surface area contributed by atoms with Gasteiger partial charge in [0.15, 0.2) is 5.65 Å². The number of benzene rings is 2. The van der Waals surface area contributed by atoms with Crippen molar-refractivity contribution in [3.05, 3.63) is 87.8 Å². The molecule has 2 aromatic heterocycles. The molecule has 1 aliphatic rings. The summed E-state index contributed by atoms with van der Waals surface area (Å²) < 4.78 is 18.7. The van der Waals surface area contributed by atoms with Gasteiger partial charge in [0.05, 0.1) is 10.0 Å². The average Bonchev–Trinajstić information content (AvgIpc) is 3.18. The molecule has 4 nitrogen and oxygen atoms in total. The summed E-state index contributed by atoms with van der Waals surface area (Å²) in [5.74, 6) is -0.0181. The summed E-state index contributed by atoms with van der Waals surface area (Å²) >= 11 is 12.3. The van der Waals surface area contributed by atoms with Crippen LogP contribution in [0.1, 0.15) is 25.3 Å². The summed E-state index contributed by atoms with van der Waals surface area (Å²) in [5, 5.41) is 8.22. The van der Waals surface area contributed by atoms with Crippen LogP contribution in [-0.2, 0) is 6.50 Å². The van der Waals surface area contributed by atoms with Gasteiger partial charge in [-0.15, -0.1) is 12.4 Å². The Morgan fingerprint density at radius 1 is 1.04 bits per heavy atom. The molecule has 0 saturated heterocycles. The first kappa shape index (κ1) is 16.8. The van der Waals surface area contributed by atoms with Crippen LogP contribution in [0.15, 0.2) is 61.1 Å². The maximum Gasteiger partial charge on any atom is 0.155 e. The van der Waals surface area contributed by atoms with Crippen molar-refractivity contribution < 1.29 is 2.74 Å². The molecule has 0 bridgehead atoms. The van der Waals surface area contributed by atoms with Crippen LogP contribution in [0.3, 0.4) is 0 Å². The van der Waals surface area contributed by atoms with E-state index >= 15 is 0 Å². The lowest BCUT2D eigenvalue weighted by Gasteiger charge is -2.27. The summed E-state index contributed by atoms with van der Waals surface area (Å²) in [7, 11) is 0. The number of rotatable bonds is 2. The predicted octanol–water partition coefficient (Wildman–Crippen LogP) is 5.36. The van der Waals surface area contributed by atoms with Gasteiger partial charge >= 0.3 is 0 Å². The Balaban J connectivity index is 0.00000218. The normalized spacial score (nSPS) is 18.7. The maximum atomic E-state index is 8.48. The summed E-state index contributed by atoms with van der Waals surface area (Å²) in [6.07, 6.45) is 3.41. The van der Waals surface area contributed by atoms with Crippen molar-refractivity contribution in [1.82, 2.24) is 19.9 Å². The third-order valence-electron chi connectivity index (χ3n) is 4.91. The molecule has 0 spiro atoms. The van der Waals surface area contributed by atoms with Crippen molar-refractivity contribution in [2.24, 2.45) is 0 Å². The molecule has 0 amide bonds. The highest BCUT2D eigenvalue weighted by Gasteiger charge is 2.22. The molecule has 0 fully saturated rings. The second-order valence-electron chi connectivity index (χ2n) is 6.51. The van der Waals surface area contributed by atoms with Crippen LogP contribution in [0.5, 0.6) is 0 Å². The number of pyridine rings is 1. The second-order valence-corrected chi connectivity index (χ2v) is 7.33. The van der Waals surface area contributed by atoms with Crippen LogP contribution in [0, 0.1) is 0 Å². The van der Waals surface area contributed by atoms with Crippen molar-refractivity contribution in [3.63, 3.8) is 0 Å². The minimum absolute atomic E-state index is 0. The summed E-state index contributed by atoms with van der Waals surface area (Å²) in [6.45, 7) is -1.16. The fourth-order valence-corrected chi connectivity index (χ4v) is 3.83. The monoisotopic (exact) mass is 432 g/mol. The molecule has 4 aromatic rings. The Labute approximate surface area is 181 Å². The molecule has 1 atom stereocenters. The SMILES string of the molecule is Cl.[2H]C1([2H])NCC(c2ccc(Cl)c(Cl)c2)c2ccc(-c3ccc4ncnn4c3)cc21. The summed E-state index contributed by atoms with van der Waals surface area (Å²) in [6, 6.07) is 15.4. The fourth-order valence-electron chi connectivity index (χ4n) is 3.52. The first-order valence-electron chi connectivity index (χ1n) is 9.56. The number of hydrogen-bond acceptors (Lipinski definition) is 3. The lowest BCUT2D eigenvalue weighted by atomic mass is 9.84. The van der Waals surface area contributed by atoms with Gasteiger partial charge in [0.2, 0.25) is 0 Å². The van der Waals surface area contributed by atoms with Crippen LogP contribution in [0.4, 0.5) is 0 Å². The molecule has 7 heteroatoms. The van der Waals surface area contributed by atoms with Gasteiger partial charge in [-0.3, -0.25) is 0 Å². The number of halogens is 3. The van der Waals surface area contributed by atoms with Gasteiger partial charge in [0, 0.05) is 33.5 Å². The Kier molecular flexibility index (Phi) is 4.64. The lowest BCUT2D eigenvalue weighted by Crippen LogP contribution is -2.28. The molecule has 1 N–H and O–H groups in total. The van der Waals surface area contributed by atoms with Crippen molar-refractivity contribution in [1.29, 1.82) is 0 Å². The van der Waals surface area contributed by atoms with E-state index in [-0.39, 0.29) is 18.3 Å². The van der Waals surface area contributed by atoms with Gasteiger partial charge in [-0.25, -0.2) is 9.50 Å². The highest BCUT2D eigenvalue weighted by atomic mass is 35.5. The molecule has 3 heterocycles. The third-order valence-corrected chi connectivity index (χ3v) is 5.65. The number of nitrogens with zero attached hydrogens (tertiary/aromatic N) is 3. The molecular formula is C21H17Cl3N4. The van der Waals surface area contributed by atoms with Gasteiger partial charge in [-0.05, 0) is 52.6 Å². The fraction of sp³-hybridized carbons (Fsp3) is 0.143. The Morgan fingerprint density at radius 2 is 1.89 bits per heavy atom. The zero-order chi connectivity index (χ0) is 20.2. The zero-order valence-electron chi connectivity index (χ0n) is 16.6. The molecule has 142 valence electrons. The van der Waals surface area contributed by atoms with Crippen molar-refractivity contribution in [3.8, 4) is 11.1 Å². The largest absolute Gasteiger partial charge is 0.312 e. The summed E-state index contributed by atoms with van der Waals surface area (Å²) in [4.78, 5) is 4.17. The maximum absolute atomic E-state index is 8.48. The number of aromatic nitrogens is 3. The van der Waals surface area contributed by atoms with E-state index in [4.69, 9.17) is 25.9 Å².